The Balaban J connectivity index is 3.05. The Morgan fingerprint density at radius 3 is 2.39 bits per heavy atom. The zero-order chi connectivity index (χ0) is 13.9. The summed E-state index contributed by atoms with van der Waals surface area (Å²) >= 11 is 0. The van der Waals surface area contributed by atoms with Crippen LogP contribution in [0.5, 0.6) is 0 Å². The molecule has 0 aliphatic rings. The highest BCUT2D eigenvalue weighted by Gasteiger charge is 2.21. The molecule has 0 spiro atoms. The van der Waals surface area contributed by atoms with E-state index in [0.717, 1.165) is 12.1 Å². The molecule has 0 aliphatic carbocycles. The number of hydrogen-bond acceptors (Lipinski definition) is 3. The van der Waals surface area contributed by atoms with Gasteiger partial charge >= 0.3 is 0 Å². The van der Waals surface area contributed by atoms with Crippen LogP contribution in [-0.4, -0.2) is 29.3 Å². The Morgan fingerprint density at radius 2 is 1.94 bits per heavy atom. The van der Waals surface area contributed by atoms with E-state index < -0.39 is 17.6 Å². The molecule has 0 unspecified atom stereocenters. The van der Waals surface area contributed by atoms with Crippen LogP contribution in [0.4, 0.5) is 10.1 Å². The average Bonchev–Trinajstić information content (AvgIpc) is 2.23. The summed E-state index contributed by atoms with van der Waals surface area (Å²) in [4.78, 5) is 24.3. The van der Waals surface area contributed by atoms with Crippen molar-refractivity contribution >= 4 is 17.5 Å². The number of nitrogen functional groups attached to an aromatic ring is 1. The SMILES string of the molecule is CC(C)N(CC(N)=O)C(=O)c1cc(N)cc(F)c1. The van der Waals surface area contributed by atoms with Gasteiger partial charge in [-0.05, 0) is 32.0 Å². The number of carbonyl (C=O) groups is 2. The Labute approximate surface area is 105 Å². The lowest BCUT2D eigenvalue weighted by atomic mass is 10.1. The number of hydrogen-bond donors (Lipinski definition) is 2. The third-order valence-electron chi connectivity index (χ3n) is 2.38. The largest absolute Gasteiger partial charge is 0.399 e. The topological polar surface area (TPSA) is 89.4 Å². The molecule has 1 rings (SSSR count). The normalized spacial score (nSPS) is 10.4. The number of amides is 2. The molecule has 0 atom stereocenters. The third-order valence-corrected chi connectivity index (χ3v) is 2.38. The van der Waals surface area contributed by atoms with Crippen LogP contribution in [0, 0.1) is 5.82 Å². The Hall–Kier alpha value is -2.11. The van der Waals surface area contributed by atoms with Crippen molar-refractivity contribution < 1.29 is 14.0 Å². The van der Waals surface area contributed by atoms with Crippen LogP contribution >= 0.6 is 0 Å². The first kappa shape index (κ1) is 14.0. The molecule has 1 aromatic rings. The zero-order valence-corrected chi connectivity index (χ0v) is 10.3. The summed E-state index contributed by atoms with van der Waals surface area (Å²) in [5.41, 5.74) is 10.8. The molecule has 0 radical (unpaired) electrons. The predicted molar refractivity (Wildman–Crippen MR) is 66.2 cm³/mol. The van der Waals surface area contributed by atoms with Crippen molar-refractivity contribution in [1.29, 1.82) is 0 Å². The van der Waals surface area contributed by atoms with Gasteiger partial charge in [-0.25, -0.2) is 4.39 Å². The summed E-state index contributed by atoms with van der Waals surface area (Å²) < 4.78 is 13.2. The van der Waals surface area contributed by atoms with Gasteiger partial charge in [-0.2, -0.15) is 0 Å². The molecule has 0 heterocycles. The monoisotopic (exact) mass is 253 g/mol. The van der Waals surface area contributed by atoms with E-state index in [4.69, 9.17) is 11.5 Å². The van der Waals surface area contributed by atoms with E-state index in [1.807, 2.05) is 0 Å². The Morgan fingerprint density at radius 1 is 1.33 bits per heavy atom. The van der Waals surface area contributed by atoms with Crippen molar-refractivity contribution in [2.24, 2.45) is 5.73 Å². The first-order valence-corrected chi connectivity index (χ1v) is 5.46. The summed E-state index contributed by atoms with van der Waals surface area (Å²) in [6.45, 7) is 3.26. The van der Waals surface area contributed by atoms with Gasteiger partial charge in [0.25, 0.3) is 5.91 Å². The molecular formula is C12H16FN3O2. The van der Waals surface area contributed by atoms with Crippen LogP contribution in [0.2, 0.25) is 0 Å². The Kier molecular flexibility index (Phi) is 4.25. The quantitative estimate of drug-likeness (QED) is 0.776. The smallest absolute Gasteiger partial charge is 0.254 e. The highest BCUT2D eigenvalue weighted by molar-refractivity contribution is 5.97. The fourth-order valence-corrected chi connectivity index (χ4v) is 1.56. The molecule has 18 heavy (non-hydrogen) atoms. The summed E-state index contributed by atoms with van der Waals surface area (Å²) in [6.07, 6.45) is 0. The van der Waals surface area contributed by atoms with Crippen LogP contribution in [0.15, 0.2) is 18.2 Å². The number of rotatable bonds is 4. The minimum Gasteiger partial charge on any atom is -0.399 e. The molecular weight excluding hydrogens is 237 g/mol. The van der Waals surface area contributed by atoms with Gasteiger partial charge in [0.05, 0.1) is 6.54 Å². The maximum Gasteiger partial charge on any atom is 0.254 e. The molecule has 0 saturated heterocycles. The maximum absolute atomic E-state index is 13.2. The molecule has 0 aliphatic heterocycles. The van der Waals surface area contributed by atoms with E-state index in [-0.39, 0.29) is 23.8 Å². The van der Waals surface area contributed by atoms with E-state index in [2.05, 4.69) is 0 Å². The summed E-state index contributed by atoms with van der Waals surface area (Å²) in [5.74, 6) is -1.70. The van der Waals surface area contributed by atoms with Crippen molar-refractivity contribution in [3.05, 3.63) is 29.6 Å². The van der Waals surface area contributed by atoms with Crippen molar-refractivity contribution in [2.45, 2.75) is 19.9 Å². The molecule has 4 N–H and O–H groups in total. The maximum atomic E-state index is 13.2. The third kappa shape index (κ3) is 3.44. The molecule has 6 heteroatoms. The van der Waals surface area contributed by atoms with Gasteiger partial charge in [0, 0.05) is 17.3 Å². The van der Waals surface area contributed by atoms with Crippen molar-refractivity contribution in [2.75, 3.05) is 12.3 Å². The van der Waals surface area contributed by atoms with E-state index in [1.54, 1.807) is 13.8 Å². The fraction of sp³-hybridized carbons (Fsp3) is 0.333. The number of nitrogens with two attached hydrogens (primary N) is 2. The van der Waals surface area contributed by atoms with E-state index in [0.29, 0.717) is 0 Å². The minimum atomic E-state index is -0.624. The van der Waals surface area contributed by atoms with Crippen molar-refractivity contribution in [3.8, 4) is 0 Å². The second-order valence-electron chi connectivity index (χ2n) is 4.27. The number of carbonyl (C=O) groups excluding carboxylic acids is 2. The Bertz CT molecular complexity index is 454. The van der Waals surface area contributed by atoms with E-state index >= 15 is 0 Å². The molecule has 1 aromatic carbocycles. The molecule has 2 amide bonds. The highest BCUT2D eigenvalue weighted by atomic mass is 19.1. The van der Waals surface area contributed by atoms with Gasteiger partial charge in [-0.15, -0.1) is 0 Å². The number of benzene rings is 1. The first-order valence-electron chi connectivity index (χ1n) is 5.46. The van der Waals surface area contributed by atoms with Gasteiger partial charge in [-0.3, -0.25) is 9.59 Å². The van der Waals surface area contributed by atoms with Gasteiger partial charge < -0.3 is 16.4 Å². The second-order valence-corrected chi connectivity index (χ2v) is 4.27. The van der Waals surface area contributed by atoms with Crippen LogP contribution < -0.4 is 11.5 Å². The lowest BCUT2D eigenvalue weighted by Crippen LogP contribution is -2.42. The summed E-state index contributed by atoms with van der Waals surface area (Å²) in [5, 5.41) is 0. The minimum absolute atomic E-state index is 0.0995. The summed E-state index contributed by atoms with van der Waals surface area (Å²) in [6, 6.07) is 3.33. The van der Waals surface area contributed by atoms with Gasteiger partial charge in [0.15, 0.2) is 0 Å². The second kappa shape index (κ2) is 5.48. The van der Waals surface area contributed by atoms with Crippen molar-refractivity contribution in [3.63, 3.8) is 0 Å². The van der Waals surface area contributed by atoms with Crippen molar-refractivity contribution in [1.82, 2.24) is 4.90 Å². The number of nitrogens with zero attached hydrogens (tertiary/aromatic N) is 1. The lowest BCUT2D eigenvalue weighted by Gasteiger charge is -2.25. The molecule has 5 nitrogen and oxygen atoms in total. The molecule has 0 aromatic heterocycles. The van der Waals surface area contributed by atoms with E-state index in [1.165, 1.54) is 11.0 Å². The fourth-order valence-electron chi connectivity index (χ4n) is 1.56. The number of halogens is 1. The zero-order valence-electron chi connectivity index (χ0n) is 10.3. The lowest BCUT2D eigenvalue weighted by molar-refractivity contribution is -0.119. The number of primary amides is 1. The van der Waals surface area contributed by atoms with Gasteiger partial charge in [0.1, 0.15) is 5.82 Å². The standard InChI is InChI=1S/C12H16FN3O2/c1-7(2)16(6-11(15)17)12(18)8-3-9(13)5-10(14)4-8/h3-5,7H,6,14H2,1-2H3,(H2,15,17). The first-order chi connectivity index (χ1) is 8.31. The highest BCUT2D eigenvalue weighted by Crippen LogP contribution is 2.14. The van der Waals surface area contributed by atoms with Gasteiger partial charge in [0.2, 0.25) is 5.91 Å². The van der Waals surface area contributed by atoms with Crippen LogP contribution in [0.3, 0.4) is 0 Å². The molecule has 0 fully saturated rings. The predicted octanol–water partition coefficient (Wildman–Crippen LogP) is 0.744. The molecule has 98 valence electrons. The van der Waals surface area contributed by atoms with Crippen LogP contribution in [0.1, 0.15) is 24.2 Å². The molecule has 0 bridgehead atoms. The number of anilines is 1. The van der Waals surface area contributed by atoms with Crippen LogP contribution in [-0.2, 0) is 4.79 Å². The van der Waals surface area contributed by atoms with Crippen LogP contribution in [0.25, 0.3) is 0 Å². The summed E-state index contributed by atoms with van der Waals surface area (Å²) in [7, 11) is 0. The van der Waals surface area contributed by atoms with Gasteiger partial charge in [-0.1, -0.05) is 0 Å². The van der Waals surface area contributed by atoms with E-state index in [9.17, 15) is 14.0 Å². The molecule has 0 saturated carbocycles. The average molecular weight is 253 g/mol.